The van der Waals surface area contributed by atoms with E-state index in [-0.39, 0.29) is 0 Å². The van der Waals surface area contributed by atoms with Crippen LogP contribution in [-0.4, -0.2) is 43.1 Å². The number of nitrogens with one attached hydrogen (secondary N) is 2. The number of thiophene rings is 1. The van der Waals surface area contributed by atoms with Gasteiger partial charge in [0.2, 0.25) is 0 Å². The molecule has 0 aromatic carbocycles. The number of hydrogen-bond acceptors (Lipinski definition) is 3. The van der Waals surface area contributed by atoms with Crippen LogP contribution in [0.25, 0.3) is 0 Å². The van der Waals surface area contributed by atoms with Gasteiger partial charge in [0.25, 0.3) is 0 Å². The van der Waals surface area contributed by atoms with E-state index in [4.69, 9.17) is 0 Å². The quantitative estimate of drug-likeness (QED) is 0.663. The van der Waals surface area contributed by atoms with Crippen molar-refractivity contribution < 1.29 is 0 Å². The van der Waals surface area contributed by atoms with Crippen LogP contribution >= 0.6 is 11.3 Å². The van der Waals surface area contributed by atoms with Gasteiger partial charge in [0.05, 0.1) is 0 Å². The summed E-state index contributed by atoms with van der Waals surface area (Å²) in [6, 6.07) is 3.54. The lowest BCUT2D eigenvalue weighted by Crippen LogP contribution is -2.45. The summed E-state index contributed by atoms with van der Waals surface area (Å²) < 4.78 is 0. The molecule has 2 N–H and O–H groups in total. The van der Waals surface area contributed by atoms with E-state index in [0.29, 0.717) is 6.04 Å². The first-order valence-corrected chi connectivity index (χ1v) is 9.02. The number of rotatable bonds is 4. The van der Waals surface area contributed by atoms with Crippen molar-refractivity contribution in [3.63, 3.8) is 0 Å². The molecule has 1 saturated carbocycles. The lowest BCUT2D eigenvalue weighted by Gasteiger charge is -2.24. The molecule has 1 atom stereocenters. The summed E-state index contributed by atoms with van der Waals surface area (Å²) in [5, 5.41) is 11.3. The third kappa shape index (κ3) is 3.98. The van der Waals surface area contributed by atoms with Crippen LogP contribution in [-0.2, 0) is 6.54 Å². The van der Waals surface area contributed by atoms with E-state index in [2.05, 4.69) is 37.4 Å². The molecule has 1 unspecified atom stereocenters. The van der Waals surface area contributed by atoms with Crippen molar-refractivity contribution in [3.8, 4) is 0 Å². The minimum Gasteiger partial charge on any atom is -0.352 e. The van der Waals surface area contributed by atoms with Crippen LogP contribution in [0.5, 0.6) is 0 Å². The predicted octanol–water partition coefficient (Wildman–Crippen LogP) is 2.43. The monoisotopic (exact) mass is 306 g/mol. The molecule has 2 aliphatic rings. The number of likely N-dealkylation sites (tertiary alicyclic amines) is 1. The fourth-order valence-corrected chi connectivity index (χ4v) is 4.14. The van der Waals surface area contributed by atoms with E-state index in [1.165, 1.54) is 50.8 Å². The fraction of sp³-hybridized carbons (Fsp3) is 0.688. The average molecular weight is 306 g/mol. The van der Waals surface area contributed by atoms with Crippen molar-refractivity contribution in [2.24, 2.45) is 4.99 Å². The molecule has 1 saturated heterocycles. The van der Waals surface area contributed by atoms with E-state index in [9.17, 15) is 0 Å². The van der Waals surface area contributed by atoms with Gasteiger partial charge in [0.15, 0.2) is 5.96 Å². The topological polar surface area (TPSA) is 39.7 Å². The highest BCUT2D eigenvalue weighted by Gasteiger charge is 2.30. The van der Waals surface area contributed by atoms with Gasteiger partial charge >= 0.3 is 0 Å². The smallest absolute Gasteiger partial charge is 0.191 e. The molecule has 2 fully saturated rings. The Kier molecular flexibility index (Phi) is 5.14. The second-order valence-corrected chi connectivity index (χ2v) is 6.90. The van der Waals surface area contributed by atoms with Crippen LogP contribution < -0.4 is 10.6 Å². The molecular weight excluding hydrogens is 280 g/mol. The van der Waals surface area contributed by atoms with Gasteiger partial charge in [-0.25, -0.2) is 0 Å². The third-order valence-corrected chi connectivity index (χ3v) is 5.40. The highest BCUT2D eigenvalue weighted by atomic mass is 32.1. The Morgan fingerprint density at radius 2 is 2.24 bits per heavy atom. The maximum atomic E-state index is 4.35. The Balaban J connectivity index is 1.44. The van der Waals surface area contributed by atoms with Crippen LogP contribution in [0.1, 0.15) is 37.7 Å². The van der Waals surface area contributed by atoms with Crippen LogP contribution in [0.4, 0.5) is 0 Å². The molecular formula is C16H26N4S. The molecule has 0 spiro atoms. The Morgan fingerprint density at radius 3 is 2.95 bits per heavy atom. The molecule has 0 amide bonds. The fourth-order valence-electron chi connectivity index (χ4n) is 3.47. The minimum absolute atomic E-state index is 0.541. The van der Waals surface area contributed by atoms with E-state index >= 15 is 0 Å². The first-order valence-electron chi connectivity index (χ1n) is 8.07. The van der Waals surface area contributed by atoms with Crippen molar-refractivity contribution in [3.05, 3.63) is 22.4 Å². The van der Waals surface area contributed by atoms with Gasteiger partial charge in [-0.3, -0.25) is 9.89 Å². The zero-order valence-corrected chi connectivity index (χ0v) is 13.7. The molecule has 3 rings (SSSR count). The van der Waals surface area contributed by atoms with E-state index in [0.717, 1.165) is 18.5 Å². The Labute approximate surface area is 131 Å². The largest absolute Gasteiger partial charge is 0.352 e. The number of nitrogens with zero attached hydrogens (tertiary/aromatic N) is 2. The van der Waals surface area contributed by atoms with Crippen LogP contribution in [0.15, 0.2) is 21.8 Å². The highest BCUT2D eigenvalue weighted by Crippen LogP contribution is 2.26. The molecule has 1 aliphatic heterocycles. The number of guanidine groups is 1. The lowest BCUT2D eigenvalue weighted by atomic mass is 10.2. The standard InChI is InChI=1S/C16H26N4S/c1-17-16(18-10-13-7-9-21-12-13)19-14-6-8-20(11-14)15-4-2-3-5-15/h7,9,12,14-15H,2-6,8,10-11H2,1H3,(H2,17,18,19). The van der Waals surface area contributed by atoms with Crippen molar-refractivity contribution in [1.82, 2.24) is 15.5 Å². The van der Waals surface area contributed by atoms with Crippen LogP contribution in [0.2, 0.25) is 0 Å². The van der Waals surface area contributed by atoms with Gasteiger partial charge in [0, 0.05) is 38.8 Å². The number of aliphatic imine (C=N–C) groups is 1. The Hall–Kier alpha value is -1.07. The Bertz CT molecular complexity index is 451. The summed E-state index contributed by atoms with van der Waals surface area (Å²) in [6.07, 6.45) is 6.87. The second kappa shape index (κ2) is 7.27. The zero-order valence-electron chi connectivity index (χ0n) is 12.8. The second-order valence-electron chi connectivity index (χ2n) is 6.12. The number of hydrogen-bond donors (Lipinski definition) is 2. The van der Waals surface area contributed by atoms with Gasteiger partial charge in [0.1, 0.15) is 0 Å². The van der Waals surface area contributed by atoms with Crippen LogP contribution in [0.3, 0.4) is 0 Å². The summed E-state index contributed by atoms with van der Waals surface area (Å²) in [5.74, 6) is 0.930. The van der Waals surface area contributed by atoms with Gasteiger partial charge in [-0.1, -0.05) is 12.8 Å². The van der Waals surface area contributed by atoms with Gasteiger partial charge in [-0.05, 0) is 41.7 Å². The van der Waals surface area contributed by atoms with Crippen molar-refractivity contribution in [1.29, 1.82) is 0 Å². The summed E-state index contributed by atoms with van der Waals surface area (Å²) in [6.45, 7) is 3.26. The molecule has 5 heteroatoms. The van der Waals surface area contributed by atoms with Crippen LogP contribution in [0, 0.1) is 0 Å². The zero-order chi connectivity index (χ0) is 14.5. The summed E-state index contributed by atoms with van der Waals surface area (Å²) in [4.78, 5) is 7.03. The van der Waals surface area contributed by atoms with Gasteiger partial charge in [-0.2, -0.15) is 11.3 Å². The molecule has 1 aromatic heterocycles. The van der Waals surface area contributed by atoms with Crippen molar-refractivity contribution in [2.75, 3.05) is 20.1 Å². The lowest BCUT2D eigenvalue weighted by molar-refractivity contribution is 0.242. The van der Waals surface area contributed by atoms with Crippen molar-refractivity contribution >= 4 is 17.3 Å². The maximum Gasteiger partial charge on any atom is 0.191 e. The average Bonchev–Trinajstić information content (AvgIpc) is 3.24. The molecule has 1 aromatic rings. The molecule has 0 bridgehead atoms. The first-order chi connectivity index (χ1) is 10.3. The highest BCUT2D eigenvalue weighted by molar-refractivity contribution is 7.07. The van der Waals surface area contributed by atoms with E-state index < -0.39 is 0 Å². The SMILES string of the molecule is CN=C(NCc1ccsc1)NC1CCN(C2CCCC2)C1. The summed E-state index contributed by atoms with van der Waals surface area (Å²) in [7, 11) is 1.85. The minimum atomic E-state index is 0.541. The normalized spacial score (nSPS) is 24.6. The molecule has 116 valence electrons. The summed E-state index contributed by atoms with van der Waals surface area (Å²) >= 11 is 1.74. The summed E-state index contributed by atoms with van der Waals surface area (Å²) in [5.41, 5.74) is 1.32. The first kappa shape index (κ1) is 14.9. The van der Waals surface area contributed by atoms with Gasteiger partial charge in [-0.15, -0.1) is 0 Å². The molecule has 4 nitrogen and oxygen atoms in total. The molecule has 21 heavy (non-hydrogen) atoms. The maximum absolute atomic E-state index is 4.35. The Morgan fingerprint density at radius 1 is 1.38 bits per heavy atom. The van der Waals surface area contributed by atoms with Crippen molar-refractivity contribution in [2.45, 2.75) is 50.7 Å². The molecule has 0 radical (unpaired) electrons. The molecule has 1 aliphatic carbocycles. The predicted molar refractivity (Wildman–Crippen MR) is 89.9 cm³/mol. The van der Waals surface area contributed by atoms with E-state index in [1.807, 2.05) is 7.05 Å². The molecule has 2 heterocycles. The third-order valence-electron chi connectivity index (χ3n) is 4.67. The van der Waals surface area contributed by atoms with Gasteiger partial charge < -0.3 is 10.6 Å². The van der Waals surface area contributed by atoms with E-state index in [1.54, 1.807) is 11.3 Å².